The van der Waals surface area contributed by atoms with Crippen LogP contribution in [-0.4, -0.2) is 11.7 Å². The summed E-state index contributed by atoms with van der Waals surface area (Å²) in [7, 11) is 0. The Labute approximate surface area is 107 Å². The van der Waals surface area contributed by atoms with Gasteiger partial charge in [-0.05, 0) is 29.8 Å². The Kier molecular flexibility index (Phi) is 4.75. The van der Waals surface area contributed by atoms with Crippen molar-refractivity contribution in [3.63, 3.8) is 0 Å². The predicted octanol–water partition coefficient (Wildman–Crippen LogP) is 2.32. The third-order valence-electron chi connectivity index (χ3n) is 2.80. The predicted molar refractivity (Wildman–Crippen MR) is 73.5 cm³/mol. The normalized spacial score (nSPS) is 12.1. The Hall–Kier alpha value is -1.29. The van der Waals surface area contributed by atoms with E-state index in [0.717, 1.165) is 16.3 Å². The molecule has 3 nitrogen and oxygen atoms in total. The highest BCUT2D eigenvalue weighted by Crippen LogP contribution is 2.32. The van der Waals surface area contributed by atoms with Crippen molar-refractivity contribution in [1.82, 2.24) is 0 Å². The van der Waals surface area contributed by atoms with E-state index in [9.17, 15) is 5.11 Å². The van der Waals surface area contributed by atoms with Crippen LogP contribution in [-0.2, 0) is 0 Å². The molecule has 2 aromatic rings. The third kappa shape index (κ3) is 2.69. The molecule has 1 atom stereocenters. The number of benzene rings is 2. The Bertz CT molecular complexity index is 502. The fourth-order valence-corrected chi connectivity index (χ4v) is 2.00. The first-order valence-corrected chi connectivity index (χ1v) is 5.40. The number of phenolic OH excluding ortho intramolecular Hbond substituents is 1. The number of phenols is 1. The number of fused-ring (bicyclic) bond motifs is 1. The van der Waals surface area contributed by atoms with Crippen LogP contribution in [0.5, 0.6) is 5.75 Å². The molecule has 0 unspecified atom stereocenters. The second-order valence-electron chi connectivity index (χ2n) is 3.90. The SMILES string of the molecule is Cl.NCC[C@H](N)c1c(O)ccc2ccccc12. The van der Waals surface area contributed by atoms with E-state index in [1.54, 1.807) is 6.07 Å². The van der Waals surface area contributed by atoms with Crippen LogP contribution in [0, 0.1) is 0 Å². The first-order valence-electron chi connectivity index (χ1n) is 5.40. The lowest BCUT2D eigenvalue weighted by Gasteiger charge is -2.15. The van der Waals surface area contributed by atoms with E-state index in [0.29, 0.717) is 13.0 Å². The zero-order chi connectivity index (χ0) is 11.5. The van der Waals surface area contributed by atoms with E-state index >= 15 is 0 Å². The van der Waals surface area contributed by atoms with E-state index in [-0.39, 0.29) is 24.2 Å². The van der Waals surface area contributed by atoms with Crippen molar-refractivity contribution in [3.8, 4) is 5.75 Å². The minimum absolute atomic E-state index is 0. The molecule has 0 heterocycles. The quantitative estimate of drug-likeness (QED) is 0.785. The molecule has 0 amide bonds. The van der Waals surface area contributed by atoms with Gasteiger partial charge in [-0.3, -0.25) is 0 Å². The maximum Gasteiger partial charge on any atom is 0.120 e. The number of hydrogen-bond acceptors (Lipinski definition) is 3. The van der Waals surface area contributed by atoms with Crippen LogP contribution in [0.15, 0.2) is 36.4 Å². The molecule has 2 aromatic carbocycles. The maximum absolute atomic E-state index is 9.88. The van der Waals surface area contributed by atoms with E-state index in [4.69, 9.17) is 11.5 Å². The average molecular weight is 253 g/mol. The van der Waals surface area contributed by atoms with Crippen LogP contribution in [0.4, 0.5) is 0 Å². The zero-order valence-corrected chi connectivity index (χ0v) is 10.3. The van der Waals surface area contributed by atoms with Gasteiger partial charge in [-0.15, -0.1) is 12.4 Å². The molecule has 0 radical (unpaired) electrons. The number of nitrogens with two attached hydrogens (primary N) is 2. The molecule has 0 aliphatic rings. The van der Waals surface area contributed by atoms with Gasteiger partial charge in [0.15, 0.2) is 0 Å². The highest BCUT2D eigenvalue weighted by atomic mass is 35.5. The highest BCUT2D eigenvalue weighted by Gasteiger charge is 2.13. The van der Waals surface area contributed by atoms with Crippen molar-refractivity contribution < 1.29 is 5.11 Å². The van der Waals surface area contributed by atoms with Gasteiger partial charge in [-0.1, -0.05) is 30.3 Å². The van der Waals surface area contributed by atoms with E-state index in [1.807, 2.05) is 30.3 Å². The largest absolute Gasteiger partial charge is 0.508 e. The van der Waals surface area contributed by atoms with Gasteiger partial charge in [0.25, 0.3) is 0 Å². The van der Waals surface area contributed by atoms with Crippen molar-refractivity contribution >= 4 is 23.2 Å². The minimum atomic E-state index is -0.212. The molecule has 0 aliphatic carbocycles. The van der Waals surface area contributed by atoms with E-state index in [2.05, 4.69) is 0 Å². The Morgan fingerprint density at radius 2 is 1.82 bits per heavy atom. The summed E-state index contributed by atoms with van der Waals surface area (Å²) < 4.78 is 0. The number of rotatable bonds is 3. The van der Waals surface area contributed by atoms with Crippen LogP contribution in [0.3, 0.4) is 0 Å². The summed E-state index contributed by atoms with van der Waals surface area (Å²) in [6.07, 6.45) is 0.668. The Balaban J connectivity index is 0.00000144. The molecule has 0 aliphatic heterocycles. The first-order chi connectivity index (χ1) is 7.74. The Morgan fingerprint density at radius 1 is 1.12 bits per heavy atom. The van der Waals surface area contributed by atoms with Crippen molar-refractivity contribution in [2.75, 3.05) is 6.54 Å². The molecule has 0 saturated carbocycles. The van der Waals surface area contributed by atoms with E-state index in [1.165, 1.54) is 0 Å². The standard InChI is InChI=1S/C13H16N2O.ClH/c14-8-7-11(15)13-10-4-2-1-3-9(10)5-6-12(13)16;/h1-6,11,16H,7-8,14-15H2;1H/t11-;/m0./s1. The van der Waals surface area contributed by atoms with Gasteiger partial charge >= 0.3 is 0 Å². The maximum atomic E-state index is 9.88. The van der Waals surface area contributed by atoms with Gasteiger partial charge < -0.3 is 16.6 Å². The van der Waals surface area contributed by atoms with Crippen LogP contribution in [0.25, 0.3) is 10.8 Å². The lowest BCUT2D eigenvalue weighted by molar-refractivity contribution is 0.461. The smallest absolute Gasteiger partial charge is 0.120 e. The van der Waals surface area contributed by atoms with Gasteiger partial charge in [-0.25, -0.2) is 0 Å². The van der Waals surface area contributed by atoms with Gasteiger partial charge in [-0.2, -0.15) is 0 Å². The van der Waals surface area contributed by atoms with Gasteiger partial charge in [0.2, 0.25) is 0 Å². The summed E-state index contributed by atoms with van der Waals surface area (Å²) in [6.45, 7) is 0.518. The van der Waals surface area contributed by atoms with Crippen molar-refractivity contribution in [2.24, 2.45) is 11.5 Å². The molecule has 17 heavy (non-hydrogen) atoms. The van der Waals surface area contributed by atoms with Gasteiger partial charge in [0, 0.05) is 11.6 Å². The summed E-state index contributed by atoms with van der Waals surface area (Å²) in [4.78, 5) is 0. The van der Waals surface area contributed by atoms with Crippen LogP contribution >= 0.6 is 12.4 Å². The summed E-state index contributed by atoms with van der Waals surface area (Å²) in [5.74, 6) is 0.250. The number of halogens is 1. The summed E-state index contributed by atoms with van der Waals surface area (Å²) in [5, 5.41) is 12.0. The lowest BCUT2D eigenvalue weighted by Crippen LogP contribution is -2.15. The monoisotopic (exact) mass is 252 g/mol. The molecular formula is C13H17ClN2O. The molecule has 0 saturated heterocycles. The highest BCUT2D eigenvalue weighted by molar-refractivity contribution is 5.88. The summed E-state index contributed by atoms with van der Waals surface area (Å²) >= 11 is 0. The van der Waals surface area contributed by atoms with Gasteiger partial charge in [0.1, 0.15) is 5.75 Å². The second kappa shape index (κ2) is 5.87. The first kappa shape index (κ1) is 13.8. The molecule has 0 aromatic heterocycles. The van der Waals surface area contributed by atoms with Crippen molar-refractivity contribution in [2.45, 2.75) is 12.5 Å². The lowest BCUT2D eigenvalue weighted by atomic mass is 9.96. The second-order valence-corrected chi connectivity index (χ2v) is 3.90. The molecule has 0 fully saturated rings. The molecule has 0 bridgehead atoms. The van der Waals surface area contributed by atoms with Crippen molar-refractivity contribution in [1.29, 1.82) is 0 Å². The Morgan fingerprint density at radius 3 is 2.53 bits per heavy atom. The van der Waals surface area contributed by atoms with Crippen molar-refractivity contribution in [3.05, 3.63) is 42.0 Å². The van der Waals surface area contributed by atoms with E-state index < -0.39 is 0 Å². The fourth-order valence-electron chi connectivity index (χ4n) is 2.00. The molecule has 2 rings (SSSR count). The number of hydrogen-bond donors (Lipinski definition) is 3. The topological polar surface area (TPSA) is 72.3 Å². The average Bonchev–Trinajstić information content (AvgIpc) is 2.29. The summed E-state index contributed by atoms with van der Waals surface area (Å²) in [5.41, 5.74) is 12.3. The molecule has 5 N–H and O–H groups in total. The van der Waals surface area contributed by atoms with Crippen LogP contribution in [0.2, 0.25) is 0 Å². The molecule has 0 spiro atoms. The third-order valence-corrected chi connectivity index (χ3v) is 2.80. The fraction of sp³-hybridized carbons (Fsp3) is 0.231. The molecular weight excluding hydrogens is 236 g/mol. The minimum Gasteiger partial charge on any atom is -0.508 e. The molecule has 4 heteroatoms. The number of aromatic hydroxyl groups is 1. The summed E-state index contributed by atoms with van der Waals surface area (Å²) in [6, 6.07) is 11.3. The molecule has 92 valence electrons. The van der Waals surface area contributed by atoms with Gasteiger partial charge in [0.05, 0.1) is 0 Å². The van der Waals surface area contributed by atoms with Crippen LogP contribution < -0.4 is 11.5 Å². The van der Waals surface area contributed by atoms with Crippen LogP contribution in [0.1, 0.15) is 18.0 Å². The zero-order valence-electron chi connectivity index (χ0n) is 9.47.